The van der Waals surface area contributed by atoms with E-state index in [4.69, 9.17) is 0 Å². The largest absolute Gasteiger partial charge is 0.339 e. The number of H-pyrrole nitrogens is 1. The second kappa shape index (κ2) is 6.93. The van der Waals surface area contributed by atoms with Gasteiger partial charge in [0.1, 0.15) is 5.82 Å². The summed E-state index contributed by atoms with van der Waals surface area (Å²) in [5, 5.41) is 7.65. The third-order valence-electron chi connectivity index (χ3n) is 3.59. The van der Waals surface area contributed by atoms with Crippen molar-refractivity contribution in [2.24, 2.45) is 0 Å². The van der Waals surface area contributed by atoms with Crippen LogP contribution in [-0.2, 0) is 11.2 Å². The van der Waals surface area contributed by atoms with Crippen LogP contribution in [0.2, 0.25) is 0 Å². The predicted octanol–water partition coefficient (Wildman–Crippen LogP) is 2.25. The summed E-state index contributed by atoms with van der Waals surface area (Å²) in [6, 6.07) is 0.431. The van der Waals surface area contributed by atoms with Crippen molar-refractivity contribution in [3.63, 3.8) is 0 Å². The Labute approximate surface area is 118 Å². The van der Waals surface area contributed by atoms with Gasteiger partial charge in [-0.3, -0.25) is 9.89 Å². The monoisotopic (exact) mass is 282 g/mol. The van der Waals surface area contributed by atoms with Crippen LogP contribution in [0.5, 0.6) is 0 Å². The molecular formula is C13H22N4OS. The van der Waals surface area contributed by atoms with Gasteiger partial charge in [-0.1, -0.05) is 25.6 Å². The van der Waals surface area contributed by atoms with Crippen LogP contribution in [0, 0.1) is 0 Å². The van der Waals surface area contributed by atoms with Crippen LogP contribution in [0.25, 0.3) is 0 Å². The number of carbonyl (C=O) groups is 1. The molecule has 5 nitrogen and oxygen atoms in total. The molecule has 1 amide bonds. The Hall–Kier alpha value is -1.04. The predicted molar refractivity (Wildman–Crippen MR) is 76.1 cm³/mol. The first kappa shape index (κ1) is 14.4. The normalized spacial score (nSPS) is 19.7. The first-order chi connectivity index (χ1) is 9.24. The van der Waals surface area contributed by atoms with Crippen LogP contribution in [0.15, 0.2) is 5.16 Å². The van der Waals surface area contributed by atoms with Crippen LogP contribution in [-0.4, -0.2) is 44.3 Å². The van der Waals surface area contributed by atoms with Gasteiger partial charge in [0.15, 0.2) is 0 Å². The van der Waals surface area contributed by atoms with Crippen LogP contribution in [0.1, 0.15) is 45.4 Å². The number of thioether (sulfide) groups is 1. The summed E-state index contributed by atoms with van der Waals surface area (Å²) in [4.78, 5) is 18.6. The number of piperidine rings is 1. The number of hydrogen-bond donors (Lipinski definition) is 1. The summed E-state index contributed by atoms with van der Waals surface area (Å²) in [7, 11) is 0. The van der Waals surface area contributed by atoms with E-state index in [-0.39, 0.29) is 5.91 Å². The maximum Gasteiger partial charge on any atom is 0.233 e. The summed E-state index contributed by atoms with van der Waals surface area (Å²) >= 11 is 1.43. The van der Waals surface area contributed by atoms with Crippen LogP contribution in [0.3, 0.4) is 0 Å². The van der Waals surface area contributed by atoms with Gasteiger partial charge in [-0.05, 0) is 25.7 Å². The first-order valence-electron chi connectivity index (χ1n) is 7.08. The van der Waals surface area contributed by atoms with Gasteiger partial charge < -0.3 is 4.90 Å². The van der Waals surface area contributed by atoms with Crippen molar-refractivity contribution in [1.29, 1.82) is 0 Å². The zero-order chi connectivity index (χ0) is 13.7. The maximum atomic E-state index is 12.3. The second-order valence-corrected chi connectivity index (χ2v) is 5.79. The van der Waals surface area contributed by atoms with Crippen molar-refractivity contribution >= 4 is 17.7 Å². The lowest BCUT2D eigenvalue weighted by molar-refractivity contribution is -0.132. The molecule has 2 rings (SSSR count). The van der Waals surface area contributed by atoms with Gasteiger partial charge in [-0.15, -0.1) is 5.10 Å². The van der Waals surface area contributed by atoms with Crippen molar-refractivity contribution in [2.75, 3.05) is 12.3 Å². The lowest BCUT2D eigenvalue weighted by Gasteiger charge is -2.35. The topological polar surface area (TPSA) is 61.9 Å². The summed E-state index contributed by atoms with van der Waals surface area (Å²) in [5.41, 5.74) is 0. The Balaban J connectivity index is 1.86. The van der Waals surface area contributed by atoms with E-state index in [0.717, 1.165) is 38.1 Å². The van der Waals surface area contributed by atoms with E-state index in [1.807, 2.05) is 11.8 Å². The third kappa shape index (κ3) is 3.72. The summed E-state index contributed by atoms with van der Waals surface area (Å²) in [6.45, 7) is 5.10. The number of likely N-dealkylation sites (tertiary alicyclic amines) is 1. The number of nitrogens with zero attached hydrogens (tertiary/aromatic N) is 3. The average Bonchev–Trinajstić information content (AvgIpc) is 2.92. The Bertz CT molecular complexity index is 421. The Kier molecular flexibility index (Phi) is 5.24. The van der Waals surface area contributed by atoms with Crippen LogP contribution < -0.4 is 0 Å². The van der Waals surface area contributed by atoms with Gasteiger partial charge in [-0.25, -0.2) is 4.98 Å². The molecule has 6 heteroatoms. The Morgan fingerprint density at radius 1 is 1.47 bits per heavy atom. The van der Waals surface area contributed by atoms with E-state index in [1.165, 1.54) is 18.2 Å². The van der Waals surface area contributed by atoms with Crippen molar-refractivity contribution in [3.8, 4) is 0 Å². The van der Waals surface area contributed by atoms with Gasteiger partial charge in [0.05, 0.1) is 5.75 Å². The SMILES string of the molecule is CCc1nc(SCC(=O)N2CCCCC2CC)n[nH]1. The zero-order valence-electron chi connectivity index (χ0n) is 11.7. The number of hydrogen-bond acceptors (Lipinski definition) is 4. The van der Waals surface area contributed by atoms with Gasteiger partial charge in [0.2, 0.25) is 11.1 Å². The Morgan fingerprint density at radius 2 is 2.32 bits per heavy atom. The fourth-order valence-electron chi connectivity index (χ4n) is 2.46. The van der Waals surface area contributed by atoms with E-state index in [0.29, 0.717) is 17.0 Å². The molecule has 2 heterocycles. The third-order valence-corrected chi connectivity index (χ3v) is 4.42. The molecule has 1 unspecified atom stereocenters. The molecule has 1 aliphatic heterocycles. The smallest absolute Gasteiger partial charge is 0.233 e. The molecule has 1 fully saturated rings. The van der Waals surface area contributed by atoms with Gasteiger partial charge in [-0.2, -0.15) is 0 Å². The van der Waals surface area contributed by atoms with Crippen LogP contribution in [0.4, 0.5) is 0 Å². The Morgan fingerprint density at radius 3 is 3.00 bits per heavy atom. The highest BCUT2D eigenvalue weighted by molar-refractivity contribution is 7.99. The molecule has 1 aromatic rings. The molecule has 1 atom stereocenters. The molecule has 0 radical (unpaired) electrons. The molecule has 1 aliphatic rings. The summed E-state index contributed by atoms with van der Waals surface area (Å²) in [5.74, 6) is 1.54. The van der Waals surface area contributed by atoms with Crippen molar-refractivity contribution in [2.45, 2.75) is 57.1 Å². The van der Waals surface area contributed by atoms with Crippen LogP contribution >= 0.6 is 11.8 Å². The standard InChI is InChI=1S/C13H22N4OS/c1-3-10-7-5-6-8-17(10)12(18)9-19-13-14-11(4-2)15-16-13/h10H,3-9H2,1-2H3,(H,14,15,16). The minimum Gasteiger partial charge on any atom is -0.339 e. The molecule has 0 bridgehead atoms. The molecule has 0 spiro atoms. The first-order valence-corrected chi connectivity index (χ1v) is 8.06. The van der Waals surface area contributed by atoms with Crippen molar-refractivity contribution in [3.05, 3.63) is 5.82 Å². The molecule has 0 aliphatic carbocycles. The average molecular weight is 282 g/mol. The van der Waals surface area contributed by atoms with Gasteiger partial charge in [0, 0.05) is 19.0 Å². The molecular weight excluding hydrogens is 260 g/mol. The minimum atomic E-state index is 0.222. The molecule has 106 valence electrons. The molecule has 19 heavy (non-hydrogen) atoms. The van der Waals surface area contributed by atoms with E-state index < -0.39 is 0 Å². The number of nitrogens with one attached hydrogen (secondary N) is 1. The number of carbonyl (C=O) groups excluding carboxylic acids is 1. The minimum absolute atomic E-state index is 0.222. The van der Waals surface area contributed by atoms with E-state index in [9.17, 15) is 4.79 Å². The molecule has 1 aromatic heterocycles. The lowest BCUT2D eigenvalue weighted by atomic mass is 10.0. The van der Waals surface area contributed by atoms with E-state index >= 15 is 0 Å². The quantitative estimate of drug-likeness (QED) is 0.841. The summed E-state index contributed by atoms with van der Waals surface area (Å²) in [6.07, 6.45) is 5.42. The maximum absolute atomic E-state index is 12.3. The van der Waals surface area contributed by atoms with Gasteiger partial charge in [0.25, 0.3) is 0 Å². The highest BCUT2D eigenvalue weighted by Gasteiger charge is 2.25. The number of aromatic nitrogens is 3. The van der Waals surface area contributed by atoms with Crippen molar-refractivity contribution in [1.82, 2.24) is 20.1 Å². The highest BCUT2D eigenvalue weighted by Crippen LogP contribution is 2.21. The number of rotatable bonds is 5. The molecule has 0 aromatic carbocycles. The molecule has 1 saturated heterocycles. The van der Waals surface area contributed by atoms with E-state index in [1.54, 1.807) is 0 Å². The van der Waals surface area contributed by atoms with E-state index in [2.05, 4.69) is 22.1 Å². The van der Waals surface area contributed by atoms with Gasteiger partial charge >= 0.3 is 0 Å². The van der Waals surface area contributed by atoms with Crippen molar-refractivity contribution < 1.29 is 4.79 Å². The lowest BCUT2D eigenvalue weighted by Crippen LogP contribution is -2.44. The fourth-order valence-corrected chi connectivity index (χ4v) is 3.17. The second-order valence-electron chi connectivity index (χ2n) is 4.85. The highest BCUT2D eigenvalue weighted by atomic mass is 32.2. The number of aromatic amines is 1. The fraction of sp³-hybridized carbons (Fsp3) is 0.769. The number of amides is 1. The molecule has 1 N–H and O–H groups in total. The molecule has 0 saturated carbocycles. The zero-order valence-corrected chi connectivity index (χ0v) is 12.5. The number of aryl methyl sites for hydroxylation is 1. The summed E-state index contributed by atoms with van der Waals surface area (Å²) < 4.78 is 0.